The molecule has 0 bridgehead atoms. The number of nitrogens with zero attached hydrogens (tertiary/aromatic N) is 4. The summed E-state index contributed by atoms with van der Waals surface area (Å²) < 4.78 is 11.7. The Balaban J connectivity index is 1.09. The van der Waals surface area contributed by atoms with Gasteiger partial charge in [-0.25, -0.2) is 15.0 Å². The largest absolute Gasteiger partial charge is 0.455 e. The number of hydrogen-bond donors (Lipinski definition) is 0. The average molecular weight is 797 g/mol. The first-order chi connectivity index (χ1) is 30.2. The molecule has 13 rings (SSSR count). The minimum absolute atomic E-state index is 0.596. The molecule has 0 unspecified atom stereocenters. The minimum atomic E-state index is 0.596. The minimum Gasteiger partial charge on any atom is -0.455 e. The van der Waals surface area contributed by atoms with Crippen molar-refractivity contribution in [2.45, 2.75) is 0 Å². The highest BCUT2D eigenvalue weighted by Gasteiger charge is 2.21. The van der Waals surface area contributed by atoms with Gasteiger partial charge in [-0.05, 0) is 71.1 Å². The first kappa shape index (κ1) is 34.0. The van der Waals surface area contributed by atoms with Crippen LogP contribution in [0.2, 0.25) is 0 Å². The summed E-state index contributed by atoms with van der Waals surface area (Å²) in [6.07, 6.45) is 0. The number of benzene rings is 9. The molecule has 0 saturated heterocycles. The Morgan fingerprint density at radius 1 is 0.361 bits per heavy atom. The highest BCUT2D eigenvalue weighted by Crippen LogP contribution is 2.44. The summed E-state index contributed by atoms with van der Waals surface area (Å²) in [4.78, 5) is 15.7. The quantitative estimate of drug-likeness (QED) is 0.174. The van der Waals surface area contributed by atoms with E-state index in [1.165, 1.54) is 30.9 Å². The van der Waals surface area contributed by atoms with Gasteiger partial charge in [0, 0.05) is 69.5 Å². The van der Waals surface area contributed by atoms with Crippen molar-refractivity contribution in [2.24, 2.45) is 0 Å². The monoisotopic (exact) mass is 796 g/mol. The van der Waals surface area contributed by atoms with Crippen molar-refractivity contribution >= 4 is 86.0 Å². The van der Waals surface area contributed by atoms with Gasteiger partial charge in [-0.15, -0.1) is 11.3 Å². The van der Waals surface area contributed by atoms with E-state index in [-0.39, 0.29) is 0 Å². The van der Waals surface area contributed by atoms with Gasteiger partial charge in [-0.2, -0.15) is 0 Å². The molecule has 4 heterocycles. The molecule has 9 aromatic carbocycles. The Labute approximate surface area is 353 Å². The van der Waals surface area contributed by atoms with Crippen molar-refractivity contribution in [3.05, 3.63) is 194 Å². The lowest BCUT2D eigenvalue weighted by Gasteiger charge is -2.14. The molecule has 5 nitrogen and oxygen atoms in total. The van der Waals surface area contributed by atoms with Crippen LogP contribution in [0.1, 0.15) is 0 Å². The Bertz CT molecular complexity index is 3870. The fourth-order valence-electron chi connectivity index (χ4n) is 9.16. The molecule has 284 valence electrons. The SMILES string of the molecule is c1ccc(-c2ccc(-c3nc(-c4ccccc4)nc(-c4cc5c6ccccc6oc5c5ccc(-n6c7ccccc7c7cc8sc9ccccc9c8cc76)cc45)n3)cc2)cc1. The molecule has 6 heteroatoms. The number of para-hydroxylation sites is 2. The van der Waals surface area contributed by atoms with Crippen LogP contribution in [0.25, 0.3) is 126 Å². The average Bonchev–Trinajstić information content (AvgIpc) is 4.00. The first-order valence-electron chi connectivity index (χ1n) is 20.4. The maximum Gasteiger partial charge on any atom is 0.164 e. The summed E-state index contributed by atoms with van der Waals surface area (Å²) >= 11 is 1.85. The van der Waals surface area contributed by atoms with Crippen LogP contribution in [0.4, 0.5) is 0 Å². The number of furan rings is 1. The van der Waals surface area contributed by atoms with E-state index in [0.29, 0.717) is 17.5 Å². The van der Waals surface area contributed by atoms with Gasteiger partial charge >= 0.3 is 0 Å². The molecule has 0 aliphatic rings. The van der Waals surface area contributed by atoms with E-state index in [1.54, 1.807) is 0 Å². The van der Waals surface area contributed by atoms with Crippen molar-refractivity contribution in [2.75, 3.05) is 0 Å². The van der Waals surface area contributed by atoms with Gasteiger partial charge in [-0.3, -0.25) is 0 Å². The van der Waals surface area contributed by atoms with Gasteiger partial charge in [0.1, 0.15) is 11.2 Å². The van der Waals surface area contributed by atoms with Crippen molar-refractivity contribution in [3.8, 4) is 51.0 Å². The van der Waals surface area contributed by atoms with Crippen LogP contribution >= 0.6 is 11.3 Å². The number of aromatic nitrogens is 4. The third kappa shape index (κ3) is 5.36. The summed E-state index contributed by atoms with van der Waals surface area (Å²) in [5.74, 6) is 1.82. The maximum absolute atomic E-state index is 6.68. The highest BCUT2D eigenvalue weighted by molar-refractivity contribution is 7.25. The molecule has 0 atom stereocenters. The molecule has 0 fully saturated rings. The van der Waals surface area contributed by atoms with Gasteiger partial charge < -0.3 is 8.98 Å². The van der Waals surface area contributed by atoms with E-state index in [4.69, 9.17) is 19.4 Å². The summed E-state index contributed by atoms with van der Waals surface area (Å²) in [6, 6.07) is 68.5. The van der Waals surface area contributed by atoms with Gasteiger partial charge in [0.25, 0.3) is 0 Å². The number of rotatable bonds is 5. The first-order valence-corrected chi connectivity index (χ1v) is 21.2. The second kappa shape index (κ2) is 13.3. The zero-order valence-corrected chi connectivity index (χ0v) is 33.4. The lowest BCUT2D eigenvalue weighted by Crippen LogP contribution is -2.01. The zero-order valence-electron chi connectivity index (χ0n) is 32.6. The van der Waals surface area contributed by atoms with Gasteiger partial charge in [0.2, 0.25) is 0 Å². The Morgan fingerprint density at radius 3 is 1.79 bits per heavy atom. The van der Waals surface area contributed by atoms with Crippen LogP contribution < -0.4 is 0 Å². The predicted molar refractivity (Wildman–Crippen MR) is 254 cm³/mol. The number of thiophene rings is 1. The molecule has 61 heavy (non-hydrogen) atoms. The molecule has 0 radical (unpaired) electrons. The molecule has 0 aliphatic carbocycles. The fourth-order valence-corrected chi connectivity index (χ4v) is 10.3. The summed E-state index contributed by atoms with van der Waals surface area (Å²) in [5, 5.41) is 9.06. The van der Waals surface area contributed by atoms with Crippen LogP contribution in [-0.2, 0) is 0 Å². The number of hydrogen-bond acceptors (Lipinski definition) is 5. The topological polar surface area (TPSA) is 56.7 Å². The van der Waals surface area contributed by atoms with E-state index in [1.807, 2.05) is 47.7 Å². The van der Waals surface area contributed by atoms with Crippen molar-refractivity contribution < 1.29 is 4.42 Å². The standard InChI is InChI=1S/C55H32N4OS/c1-3-13-33(14-4-1)34-23-25-36(26-24-34)54-56-53(35-15-5-2-6-16-35)57-55(58-54)46-30-45-39-18-8-11-21-49(39)60-52(45)41-28-27-37(29-42(41)46)59-47-20-10-7-17-38(47)43-32-51-44(31-48(43)59)40-19-9-12-22-50(40)61-51/h1-32H. The van der Waals surface area contributed by atoms with E-state index in [2.05, 4.69) is 162 Å². The van der Waals surface area contributed by atoms with Crippen LogP contribution in [0, 0.1) is 0 Å². The van der Waals surface area contributed by atoms with Crippen LogP contribution in [-0.4, -0.2) is 19.5 Å². The lowest BCUT2D eigenvalue weighted by atomic mass is 9.98. The zero-order chi connectivity index (χ0) is 40.0. The normalized spacial score (nSPS) is 11.9. The summed E-state index contributed by atoms with van der Waals surface area (Å²) in [7, 11) is 0. The van der Waals surface area contributed by atoms with E-state index in [9.17, 15) is 0 Å². The molecular weight excluding hydrogens is 765 g/mol. The molecule has 13 aromatic rings. The second-order valence-electron chi connectivity index (χ2n) is 15.6. The molecule has 4 aromatic heterocycles. The highest BCUT2D eigenvalue weighted by atomic mass is 32.1. The van der Waals surface area contributed by atoms with Gasteiger partial charge in [0.05, 0.1) is 11.0 Å². The van der Waals surface area contributed by atoms with E-state index < -0.39 is 0 Å². The van der Waals surface area contributed by atoms with Crippen molar-refractivity contribution in [3.63, 3.8) is 0 Å². The molecular formula is C55H32N4OS. The van der Waals surface area contributed by atoms with Crippen LogP contribution in [0.3, 0.4) is 0 Å². The van der Waals surface area contributed by atoms with Crippen molar-refractivity contribution in [1.82, 2.24) is 19.5 Å². The Kier molecular flexibility index (Phi) is 7.41. The molecule has 0 amide bonds. The molecule has 0 saturated carbocycles. The second-order valence-corrected chi connectivity index (χ2v) is 16.6. The summed E-state index contributed by atoms with van der Waals surface area (Å²) in [5.41, 5.74) is 10.1. The Morgan fingerprint density at radius 2 is 0.984 bits per heavy atom. The fraction of sp³-hybridized carbons (Fsp3) is 0. The molecule has 0 spiro atoms. The van der Waals surface area contributed by atoms with Crippen LogP contribution in [0.5, 0.6) is 0 Å². The van der Waals surface area contributed by atoms with Crippen molar-refractivity contribution in [1.29, 1.82) is 0 Å². The smallest absolute Gasteiger partial charge is 0.164 e. The molecule has 0 aliphatic heterocycles. The lowest BCUT2D eigenvalue weighted by molar-refractivity contribution is 0.672. The van der Waals surface area contributed by atoms with E-state index >= 15 is 0 Å². The van der Waals surface area contributed by atoms with Gasteiger partial charge in [-0.1, -0.05) is 140 Å². The third-order valence-electron chi connectivity index (χ3n) is 12.0. The third-order valence-corrected chi connectivity index (χ3v) is 13.2. The predicted octanol–water partition coefficient (Wildman–Crippen LogP) is 15.1. The van der Waals surface area contributed by atoms with Crippen LogP contribution in [0.15, 0.2) is 199 Å². The molecule has 0 N–H and O–H groups in total. The van der Waals surface area contributed by atoms with Gasteiger partial charge in [0.15, 0.2) is 17.5 Å². The maximum atomic E-state index is 6.68. The summed E-state index contributed by atoms with van der Waals surface area (Å²) in [6.45, 7) is 0. The number of fused-ring (bicyclic) bond motifs is 11. The van der Waals surface area contributed by atoms with E-state index in [0.717, 1.165) is 77.2 Å². The Hall–Kier alpha value is -7.93.